The number of aliphatic hydroxyl groups is 1. The minimum absolute atomic E-state index is 0.0310. The maximum Gasteiger partial charge on any atom is 0.224 e. The summed E-state index contributed by atoms with van der Waals surface area (Å²) in [5.74, 6) is -0.217. The van der Waals surface area contributed by atoms with E-state index in [1.165, 1.54) is 0 Å². The van der Waals surface area contributed by atoms with E-state index >= 15 is 0 Å². The Morgan fingerprint density at radius 2 is 2.14 bits per heavy atom. The van der Waals surface area contributed by atoms with E-state index in [1.807, 2.05) is 13.2 Å². The van der Waals surface area contributed by atoms with Gasteiger partial charge in [0.15, 0.2) is 0 Å². The highest BCUT2D eigenvalue weighted by Crippen LogP contribution is 2.10. The Bertz CT molecular complexity index is 174. The summed E-state index contributed by atoms with van der Waals surface area (Å²) >= 11 is 1.54. The molecule has 84 valence electrons. The lowest BCUT2D eigenvalue weighted by Crippen LogP contribution is -2.44. The molecule has 0 aliphatic carbocycles. The van der Waals surface area contributed by atoms with Gasteiger partial charge in [-0.05, 0) is 13.2 Å². The maximum absolute atomic E-state index is 11.4. The monoisotopic (exact) mass is 220 g/mol. The highest BCUT2D eigenvalue weighted by Gasteiger charge is 2.19. The van der Waals surface area contributed by atoms with Gasteiger partial charge < -0.3 is 16.2 Å². The van der Waals surface area contributed by atoms with Gasteiger partial charge in [-0.25, -0.2) is 0 Å². The van der Waals surface area contributed by atoms with Gasteiger partial charge in [-0.1, -0.05) is 6.92 Å². The first kappa shape index (κ1) is 13.7. The van der Waals surface area contributed by atoms with Crippen molar-refractivity contribution in [2.75, 3.05) is 19.4 Å². The molecule has 3 atom stereocenters. The summed E-state index contributed by atoms with van der Waals surface area (Å²) in [7, 11) is 0. The summed E-state index contributed by atoms with van der Waals surface area (Å²) in [6.07, 6.45) is 1.91. The first-order chi connectivity index (χ1) is 6.56. The third-order valence-electron chi connectivity index (χ3n) is 2.21. The van der Waals surface area contributed by atoms with Gasteiger partial charge in [0.05, 0.1) is 6.61 Å². The van der Waals surface area contributed by atoms with E-state index in [1.54, 1.807) is 18.7 Å². The van der Waals surface area contributed by atoms with Crippen LogP contribution in [0.2, 0.25) is 0 Å². The number of hydrogen-bond acceptors (Lipinski definition) is 4. The fourth-order valence-electron chi connectivity index (χ4n) is 1.00. The summed E-state index contributed by atoms with van der Waals surface area (Å²) in [6, 6.07) is -0.0310. The van der Waals surface area contributed by atoms with Gasteiger partial charge in [0.2, 0.25) is 5.91 Å². The van der Waals surface area contributed by atoms with E-state index in [0.717, 1.165) is 0 Å². The normalized spacial score (nSPS) is 17.2. The Hall–Kier alpha value is -0.260. The van der Waals surface area contributed by atoms with E-state index < -0.39 is 0 Å². The zero-order valence-electron chi connectivity index (χ0n) is 8.99. The van der Waals surface area contributed by atoms with Crippen molar-refractivity contribution in [3.63, 3.8) is 0 Å². The predicted molar refractivity (Wildman–Crippen MR) is 60.2 cm³/mol. The zero-order chi connectivity index (χ0) is 11.1. The van der Waals surface area contributed by atoms with Crippen LogP contribution in [0.1, 0.15) is 13.8 Å². The average Bonchev–Trinajstić information content (AvgIpc) is 2.18. The maximum atomic E-state index is 11.4. The first-order valence-electron chi connectivity index (χ1n) is 4.70. The number of nitrogens with two attached hydrogens (primary N) is 1. The molecule has 4 N–H and O–H groups in total. The standard InChI is InChI=1S/C9H20N2O2S/c1-6(4-10)9(13)11-7(2)8(5-12)14-3/h6-8,12H,4-5,10H2,1-3H3,(H,11,13). The molecule has 0 aromatic heterocycles. The molecule has 0 radical (unpaired) electrons. The van der Waals surface area contributed by atoms with Crippen LogP contribution in [-0.4, -0.2) is 41.7 Å². The van der Waals surface area contributed by atoms with Crippen molar-refractivity contribution in [1.82, 2.24) is 5.32 Å². The third kappa shape index (κ3) is 4.30. The molecule has 0 saturated heterocycles. The molecule has 0 bridgehead atoms. The van der Waals surface area contributed by atoms with Crippen LogP contribution in [0, 0.1) is 5.92 Å². The molecule has 0 aliphatic heterocycles. The Labute approximate surface area is 89.6 Å². The van der Waals surface area contributed by atoms with Crippen LogP contribution < -0.4 is 11.1 Å². The van der Waals surface area contributed by atoms with Crippen LogP contribution in [0.15, 0.2) is 0 Å². The van der Waals surface area contributed by atoms with E-state index in [9.17, 15) is 4.79 Å². The zero-order valence-corrected chi connectivity index (χ0v) is 9.80. The van der Waals surface area contributed by atoms with Crippen molar-refractivity contribution in [2.24, 2.45) is 11.7 Å². The van der Waals surface area contributed by atoms with Gasteiger partial charge in [0, 0.05) is 23.8 Å². The summed E-state index contributed by atoms with van der Waals surface area (Å²) < 4.78 is 0. The average molecular weight is 220 g/mol. The summed E-state index contributed by atoms with van der Waals surface area (Å²) in [6.45, 7) is 4.09. The Morgan fingerprint density at radius 1 is 1.57 bits per heavy atom. The number of aliphatic hydroxyl groups excluding tert-OH is 1. The molecule has 4 nitrogen and oxygen atoms in total. The molecule has 0 fully saturated rings. The lowest BCUT2D eigenvalue weighted by Gasteiger charge is -2.22. The van der Waals surface area contributed by atoms with Gasteiger partial charge in [-0.2, -0.15) is 11.8 Å². The molecule has 0 aromatic carbocycles. The molecule has 5 heteroatoms. The highest BCUT2D eigenvalue weighted by molar-refractivity contribution is 7.99. The topological polar surface area (TPSA) is 75.3 Å². The SMILES string of the molecule is CSC(CO)C(C)NC(=O)C(C)CN. The largest absolute Gasteiger partial charge is 0.395 e. The smallest absolute Gasteiger partial charge is 0.224 e. The van der Waals surface area contributed by atoms with Crippen molar-refractivity contribution < 1.29 is 9.90 Å². The molecular formula is C9H20N2O2S. The van der Waals surface area contributed by atoms with Crippen LogP contribution in [0.5, 0.6) is 0 Å². The minimum atomic E-state index is -0.168. The fourth-order valence-corrected chi connectivity index (χ4v) is 1.63. The molecule has 0 saturated carbocycles. The number of carbonyl (C=O) groups excluding carboxylic acids is 1. The van der Waals surface area contributed by atoms with E-state index in [4.69, 9.17) is 10.8 Å². The van der Waals surface area contributed by atoms with Crippen LogP contribution in [0.3, 0.4) is 0 Å². The van der Waals surface area contributed by atoms with Gasteiger partial charge >= 0.3 is 0 Å². The molecule has 0 aliphatic rings. The molecule has 0 heterocycles. The van der Waals surface area contributed by atoms with E-state index in [2.05, 4.69) is 5.32 Å². The van der Waals surface area contributed by atoms with Gasteiger partial charge in [-0.15, -0.1) is 0 Å². The van der Waals surface area contributed by atoms with E-state index in [0.29, 0.717) is 6.54 Å². The quantitative estimate of drug-likeness (QED) is 0.580. The summed E-state index contributed by atoms with van der Waals surface area (Å²) in [5, 5.41) is 11.9. The van der Waals surface area contributed by atoms with Crippen molar-refractivity contribution in [1.29, 1.82) is 0 Å². The second-order valence-corrected chi connectivity index (χ2v) is 4.47. The van der Waals surface area contributed by atoms with Crippen molar-refractivity contribution >= 4 is 17.7 Å². The lowest BCUT2D eigenvalue weighted by atomic mass is 10.1. The summed E-state index contributed by atoms with van der Waals surface area (Å²) in [5.41, 5.74) is 5.37. The van der Waals surface area contributed by atoms with Crippen LogP contribution >= 0.6 is 11.8 Å². The van der Waals surface area contributed by atoms with Crippen molar-refractivity contribution in [2.45, 2.75) is 25.1 Å². The van der Waals surface area contributed by atoms with Crippen LogP contribution in [0.25, 0.3) is 0 Å². The van der Waals surface area contributed by atoms with Crippen LogP contribution in [-0.2, 0) is 4.79 Å². The van der Waals surface area contributed by atoms with Gasteiger partial charge in [0.1, 0.15) is 0 Å². The molecule has 0 rings (SSSR count). The molecule has 0 aromatic rings. The second kappa shape index (κ2) is 7.09. The van der Waals surface area contributed by atoms with Crippen LogP contribution in [0.4, 0.5) is 0 Å². The first-order valence-corrected chi connectivity index (χ1v) is 5.99. The number of carbonyl (C=O) groups is 1. The molecule has 1 amide bonds. The number of amides is 1. The lowest BCUT2D eigenvalue weighted by molar-refractivity contribution is -0.124. The van der Waals surface area contributed by atoms with E-state index in [-0.39, 0.29) is 29.7 Å². The minimum Gasteiger partial charge on any atom is -0.395 e. The van der Waals surface area contributed by atoms with Crippen molar-refractivity contribution in [3.05, 3.63) is 0 Å². The predicted octanol–water partition coefficient (Wildman–Crippen LogP) is -0.190. The van der Waals surface area contributed by atoms with Crippen molar-refractivity contribution in [3.8, 4) is 0 Å². The number of rotatable bonds is 6. The Balaban J connectivity index is 4.03. The Kier molecular flexibility index (Phi) is 6.96. The van der Waals surface area contributed by atoms with Gasteiger partial charge in [0.25, 0.3) is 0 Å². The second-order valence-electron chi connectivity index (χ2n) is 3.39. The number of thioether (sulfide) groups is 1. The highest BCUT2D eigenvalue weighted by atomic mass is 32.2. The fraction of sp³-hybridized carbons (Fsp3) is 0.889. The third-order valence-corrected chi connectivity index (χ3v) is 3.37. The molecular weight excluding hydrogens is 200 g/mol. The summed E-state index contributed by atoms with van der Waals surface area (Å²) in [4.78, 5) is 11.4. The molecule has 14 heavy (non-hydrogen) atoms. The Morgan fingerprint density at radius 3 is 2.50 bits per heavy atom. The molecule has 3 unspecified atom stereocenters. The van der Waals surface area contributed by atoms with Gasteiger partial charge in [-0.3, -0.25) is 4.79 Å². The number of hydrogen-bond donors (Lipinski definition) is 3. The molecule has 0 spiro atoms. The number of nitrogens with one attached hydrogen (secondary N) is 1.